The summed E-state index contributed by atoms with van der Waals surface area (Å²) in [5.41, 5.74) is 0. The van der Waals surface area contributed by atoms with Crippen LogP contribution in [0.4, 0.5) is 0 Å². The monoisotopic (exact) mass is 212 g/mol. The van der Waals surface area contributed by atoms with Crippen molar-refractivity contribution in [3.63, 3.8) is 0 Å². The summed E-state index contributed by atoms with van der Waals surface area (Å²) in [6, 6.07) is 4.46. The van der Waals surface area contributed by atoms with Gasteiger partial charge in [0.2, 0.25) is 0 Å². The molecule has 13 heavy (non-hydrogen) atoms. The third kappa shape index (κ3) is 2.31. The number of rotatable bonds is 1. The zero-order valence-corrected chi connectivity index (χ0v) is 10.7. The molecule has 1 unspecified atom stereocenters. The van der Waals surface area contributed by atoms with Crippen molar-refractivity contribution in [2.45, 2.75) is 56.7 Å². The first-order chi connectivity index (χ1) is 6.38. The Hall–Kier alpha value is 0.104. The minimum atomic E-state index is -0.802. The molecular formula is C10H20OSi2. The average Bonchev–Trinajstić information content (AvgIpc) is 2.20. The van der Waals surface area contributed by atoms with Crippen molar-refractivity contribution in [2.24, 2.45) is 0 Å². The van der Waals surface area contributed by atoms with E-state index in [2.05, 4.69) is 0 Å². The summed E-state index contributed by atoms with van der Waals surface area (Å²) in [6.45, 7) is 0. The van der Waals surface area contributed by atoms with Crippen LogP contribution in [0.5, 0.6) is 0 Å². The number of carbonyl (C=O) groups is 1. The van der Waals surface area contributed by atoms with E-state index in [1.807, 2.05) is 0 Å². The molecule has 0 spiro atoms. The van der Waals surface area contributed by atoms with Crippen LogP contribution in [0.25, 0.3) is 0 Å². The van der Waals surface area contributed by atoms with Gasteiger partial charge in [-0.2, -0.15) is 0 Å². The Morgan fingerprint density at radius 3 is 2.23 bits per heavy atom. The molecule has 2 rings (SSSR count). The molecule has 2 saturated heterocycles. The molecule has 0 aromatic heterocycles. The van der Waals surface area contributed by atoms with Gasteiger partial charge in [0.05, 0.1) is 0 Å². The van der Waals surface area contributed by atoms with Crippen molar-refractivity contribution in [3.8, 4) is 0 Å². The lowest BCUT2D eigenvalue weighted by Gasteiger charge is -2.29. The fourth-order valence-electron chi connectivity index (χ4n) is 3.04. The molecule has 74 valence electrons. The van der Waals surface area contributed by atoms with Crippen molar-refractivity contribution in [3.05, 3.63) is 0 Å². The molecule has 0 N–H and O–H groups in total. The Labute approximate surface area is 83.9 Å². The highest BCUT2D eigenvalue weighted by molar-refractivity contribution is 7.35. The average molecular weight is 212 g/mol. The fourth-order valence-corrected chi connectivity index (χ4v) is 16.4. The first kappa shape index (κ1) is 9.65. The maximum Gasteiger partial charge on any atom is 0.107 e. The summed E-state index contributed by atoms with van der Waals surface area (Å²) in [5.74, 6) is 0. The van der Waals surface area contributed by atoms with Gasteiger partial charge in [-0.15, -0.1) is 0 Å². The van der Waals surface area contributed by atoms with E-state index in [4.69, 9.17) is 0 Å². The molecule has 2 aliphatic heterocycles. The van der Waals surface area contributed by atoms with Crippen LogP contribution in [0, 0.1) is 0 Å². The van der Waals surface area contributed by atoms with E-state index in [1.54, 1.807) is 0 Å². The molecule has 0 saturated carbocycles. The Balaban J connectivity index is 1.92. The topological polar surface area (TPSA) is 17.1 Å². The van der Waals surface area contributed by atoms with Gasteiger partial charge in [-0.25, -0.2) is 0 Å². The predicted octanol–water partition coefficient (Wildman–Crippen LogP) is 2.00. The first-order valence-corrected chi connectivity index (χ1v) is 11.6. The van der Waals surface area contributed by atoms with E-state index in [0.717, 1.165) is 11.8 Å². The SMILES string of the molecule is O=C1CCCC[SiH]1[SiH]1CCCCC1. The number of hydrogen-bond donors (Lipinski definition) is 0. The molecule has 1 nitrogen and oxygen atoms in total. The van der Waals surface area contributed by atoms with Gasteiger partial charge >= 0.3 is 0 Å². The second-order valence-electron chi connectivity index (χ2n) is 4.72. The maximum absolute atomic E-state index is 11.8. The van der Waals surface area contributed by atoms with Crippen LogP contribution in [0.1, 0.15) is 38.5 Å². The lowest BCUT2D eigenvalue weighted by molar-refractivity contribution is -0.112. The van der Waals surface area contributed by atoms with Crippen LogP contribution < -0.4 is 0 Å². The Morgan fingerprint density at radius 2 is 1.54 bits per heavy atom. The third-order valence-corrected chi connectivity index (χ3v) is 16.9. The molecule has 0 aliphatic carbocycles. The van der Waals surface area contributed by atoms with Crippen LogP contribution in [0.3, 0.4) is 0 Å². The summed E-state index contributed by atoms with van der Waals surface area (Å²) in [6.07, 6.45) is 7.97. The van der Waals surface area contributed by atoms with Crippen LogP contribution in [-0.2, 0) is 4.79 Å². The van der Waals surface area contributed by atoms with E-state index in [9.17, 15) is 4.79 Å². The summed E-state index contributed by atoms with van der Waals surface area (Å²) in [5, 5.41) is 0.782. The molecule has 2 fully saturated rings. The summed E-state index contributed by atoms with van der Waals surface area (Å²) in [4.78, 5) is 11.8. The van der Waals surface area contributed by atoms with Gasteiger partial charge in [0, 0.05) is 14.7 Å². The van der Waals surface area contributed by atoms with Crippen LogP contribution in [-0.4, -0.2) is 22.0 Å². The molecule has 0 bridgehead atoms. The summed E-state index contributed by atoms with van der Waals surface area (Å²) >= 11 is 0. The minimum absolute atomic E-state index is 0.476. The van der Waals surface area contributed by atoms with Crippen molar-refractivity contribution >= 4 is 22.0 Å². The smallest absolute Gasteiger partial charge is 0.107 e. The second kappa shape index (κ2) is 4.55. The second-order valence-corrected chi connectivity index (χ2v) is 15.1. The molecule has 0 aromatic rings. The highest BCUT2D eigenvalue weighted by atomic mass is 29.2. The molecule has 2 heterocycles. The lowest BCUT2D eigenvalue weighted by Crippen LogP contribution is -2.45. The van der Waals surface area contributed by atoms with E-state index in [1.165, 1.54) is 50.2 Å². The largest absolute Gasteiger partial charge is 0.306 e. The predicted molar refractivity (Wildman–Crippen MR) is 61.4 cm³/mol. The van der Waals surface area contributed by atoms with E-state index in [-0.39, 0.29) is 0 Å². The molecule has 2 aliphatic rings. The lowest BCUT2D eigenvalue weighted by atomic mass is 10.3. The quantitative estimate of drug-likeness (QED) is 0.608. The van der Waals surface area contributed by atoms with Gasteiger partial charge in [0.25, 0.3) is 0 Å². The van der Waals surface area contributed by atoms with Gasteiger partial charge in [-0.05, 0) is 6.42 Å². The number of hydrogen-bond acceptors (Lipinski definition) is 1. The zero-order chi connectivity index (χ0) is 9.10. The zero-order valence-electron chi connectivity index (χ0n) is 8.43. The van der Waals surface area contributed by atoms with E-state index < -0.39 is 16.6 Å². The van der Waals surface area contributed by atoms with E-state index in [0.29, 0.717) is 0 Å². The molecule has 3 heteroatoms. The molecule has 0 amide bonds. The van der Waals surface area contributed by atoms with Crippen LogP contribution in [0.2, 0.25) is 18.1 Å². The number of carbonyl (C=O) groups excluding carboxylic acids is 1. The van der Waals surface area contributed by atoms with Gasteiger partial charge < -0.3 is 4.79 Å². The van der Waals surface area contributed by atoms with Crippen molar-refractivity contribution in [2.75, 3.05) is 0 Å². The molecule has 1 atom stereocenters. The van der Waals surface area contributed by atoms with Gasteiger partial charge in [0.15, 0.2) is 0 Å². The normalized spacial score (nSPS) is 32.0. The van der Waals surface area contributed by atoms with Gasteiger partial charge in [-0.3, -0.25) is 0 Å². The van der Waals surface area contributed by atoms with E-state index >= 15 is 0 Å². The first-order valence-electron chi connectivity index (χ1n) is 5.90. The molecule has 0 aromatic carbocycles. The van der Waals surface area contributed by atoms with Crippen molar-refractivity contribution < 1.29 is 4.79 Å². The Bertz CT molecular complexity index is 187. The molecule has 0 radical (unpaired) electrons. The van der Waals surface area contributed by atoms with Crippen LogP contribution >= 0.6 is 0 Å². The van der Waals surface area contributed by atoms with Crippen molar-refractivity contribution in [1.82, 2.24) is 0 Å². The van der Waals surface area contributed by atoms with Crippen LogP contribution in [0.15, 0.2) is 0 Å². The van der Waals surface area contributed by atoms with Crippen molar-refractivity contribution in [1.29, 1.82) is 0 Å². The third-order valence-electron chi connectivity index (χ3n) is 3.82. The summed E-state index contributed by atoms with van der Waals surface area (Å²) in [7, 11) is -1.28. The van der Waals surface area contributed by atoms with Gasteiger partial charge in [0.1, 0.15) is 13.7 Å². The van der Waals surface area contributed by atoms with Gasteiger partial charge in [-0.1, -0.05) is 43.8 Å². The molecular weight excluding hydrogens is 192 g/mol. The summed E-state index contributed by atoms with van der Waals surface area (Å²) < 4.78 is 0. The minimum Gasteiger partial charge on any atom is -0.306 e. The maximum atomic E-state index is 11.8. The fraction of sp³-hybridized carbons (Fsp3) is 0.900. The Kier molecular flexibility index (Phi) is 3.38. The standard InChI is InChI=1S/C10H20OSi2/c11-10-6-2-5-9-13(10)12-7-3-1-4-8-12/h12-13H,1-9H2. The Morgan fingerprint density at radius 1 is 0.846 bits per heavy atom. The highest BCUT2D eigenvalue weighted by Crippen LogP contribution is 2.26. The highest BCUT2D eigenvalue weighted by Gasteiger charge is 2.33.